The van der Waals surface area contributed by atoms with Gasteiger partial charge in [-0.3, -0.25) is 9.78 Å². The van der Waals surface area contributed by atoms with Crippen LogP contribution >= 0.6 is 0 Å². The maximum Gasteiger partial charge on any atom is 0.176 e. The Morgan fingerprint density at radius 1 is 1.13 bits per heavy atom. The van der Waals surface area contributed by atoms with Crippen molar-refractivity contribution < 1.29 is 4.79 Å². The molecule has 30 heavy (non-hydrogen) atoms. The van der Waals surface area contributed by atoms with Crippen molar-refractivity contribution in [2.45, 2.75) is 25.2 Å². The van der Waals surface area contributed by atoms with Crippen LogP contribution in [0, 0.1) is 23.2 Å². The number of hydrogen-bond acceptors (Lipinski definition) is 5. The number of benzene rings is 1. The molecule has 0 unspecified atom stereocenters. The predicted octanol–water partition coefficient (Wildman–Crippen LogP) is 4.06. The van der Waals surface area contributed by atoms with E-state index in [1.54, 1.807) is 12.4 Å². The molecule has 0 amide bonds. The number of aromatic nitrogens is 3. The summed E-state index contributed by atoms with van der Waals surface area (Å²) in [6.45, 7) is 1.95. The molecular weight excluding hydrogens is 372 g/mol. The van der Waals surface area contributed by atoms with Crippen LogP contribution in [0.2, 0.25) is 0 Å². The minimum atomic E-state index is -0.627. The van der Waals surface area contributed by atoms with Crippen molar-refractivity contribution in [3.8, 4) is 17.5 Å². The number of rotatable bonds is 2. The van der Waals surface area contributed by atoms with Gasteiger partial charge < -0.3 is 0 Å². The predicted molar refractivity (Wildman–Crippen MR) is 112 cm³/mol. The Kier molecular flexibility index (Phi) is 4.29. The summed E-state index contributed by atoms with van der Waals surface area (Å²) in [6.07, 6.45) is 8.89. The van der Waals surface area contributed by atoms with E-state index in [2.05, 4.69) is 28.2 Å². The van der Waals surface area contributed by atoms with Gasteiger partial charge in [-0.2, -0.15) is 5.26 Å². The molecule has 0 N–H and O–H groups in total. The fraction of sp³-hybridized carbons (Fsp3) is 0.240. The van der Waals surface area contributed by atoms with E-state index in [4.69, 9.17) is 4.98 Å². The van der Waals surface area contributed by atoms with Gasteiger partial charge in [0.25, 0.3) is 0 Å². The van der Waals surface area contributed by atoms with Crippen LogP contribution in [0.15, 0.2) is 72.7 Å². The Balaban J connectivity index is 1.83. The second-order valence-electron chi connectivity index (χ2n) is 8.01. The number of hydrogen-bond donors (Lipinski definition) is 0. The fourth-order valence-corrected chi connectivity index (χ4v) is 5.08. The van der Waals surface area contributed by atoms with E-state index in [1.165, 1.54) is 0 Å². The summed E-state index contributed by atoms with van der Waals surface area (Å²) in [5.41, 5.74) is 3.52. The average Bonchev–Trinajstić information content (AvgIpc) is 2.82. The zero-order chi connectivity index (χ0) is 20.7. The molecule has 5 heteroatoms. The molecule has 0 fully saturated rings. The summed E-state index contributed by atoms with van der Waals surface area (Å²) in [5, 5.41) is 9.73. The molecule has 0 saturated carbocycles. The van der Waals surface area contributed by atoms with Gasteiger partial charge in [-0.1, -0.05) is 37.3 Å². The van der Waals surface area contributed by atoms with E-state index in [0.717, 1.165) is 35.2 Å². The van der Waals surface area contributed by atoms with Crippen LogP contribution in [0.4, 0.5) is 0 Å². The summed E-state index contributed by atoms with van der Waals surface area (Å²) < 4.78 is 0. The maximum atomic E-state index is 12.9. The lowest BCUT2D eigenvalue weighted by molar-refractivity contribution is -0.121. The highest BCUT2D eigenvalue weighted by Gasteiger charge is 2.52. The maximum absolute atomic E-state index is 12.9. The lowest BCUT2D eigenvalue weighted by Crippen LogP contribution is -2.48. The quantitative estimate of drug-likeness (QED) is 0.657. The lowest BCUT2D eigenvalue weighted by Gasteiger charge is -2.47. The first-order valence-corrected chi connectivity index (χ1v) is 10.1. The fourth-order valence-electron chi connectivity index (χ4n) is 5.08. The second-order valence-corrected chi connectivity index (χ2v) is 8.01. The molecule has 2 aliphatic rings. The minimum Gasteiger partial charge on any atom is -0.293 e. The molecule has 3 aromatic rings. The van der Waals surface area contributed by atoms with Gasteiger partial charge in [0.2, 0.25) is 0 Å². The van der Waals surface area contributed by atoms with Crippen molar-refractivity contribution in [3.63, 3.8) is 0 Å². The number of allylic oxidation sites excluding steroid dienone is 2. The number of carbonyl (C=O) groups excluding carboxylic acids is 1. The van der Waals surface area contributed by atoms with Crippen LogP contribution in [0.25, 0.3) is 11.4 Å². The molecule has 0 radical (unpaired) electrons. The Bertz CT molecular complexity index is 1200. The molecule has 3 atom stereocenters. The van der Waals surface area contributed by atoms with Crippen molar-refractivity contribution in [1.82, 2.24) is 15.0 Å². The van der Waals surface area contributed by atoms with Gasteiger partial charge in [0.15, 0.2) is 11.6 Å². The summed E-state index contributed by atoms with van der Waals surface area (Å²) in [4.78, 5) is 26.6. The van der Waals surface area contributed by atoms with E-state index >= 15 is 0 Å². The molecule has 1 aromatic carbocycles. The molecule has 0 aliphatic heterocycles. The smallest absolute Gasteiger partial charge is 0.176 e. The third-order valence-corrected chi connectivity index (χ3v) is 6.53. The zero-order valence-electron chi connectivity index (χ0n) is 16.6. The van der Waals surface area contributed by atoms with Crippen molar-refractivity contribution in [1.29, 1.82) is 5.26 Å². The topological polar surface area (TPSA) is 79.5 Å². The number of fused-ring (bicyclic) bond motifs is 3. The Morgan fingerprint density at radius 3 is 2.63 bits per heavy atom. The van der Waals surface area contributed by atoms with Crippen LogP contribution in [-0.2, 0) is 16.6 Å². The number of nitrogens with zero attached hydrogens (tertiary/aromatic N) is 4. The number of carbonyl (C=O) groups is 1. The molecule has 2 aliphatic carbocycles. The molecule has 146 valence electrons. The van der Waals surface area contributed by atoms with E-state index in [0.29, 0.717) is 5.82 Å². The Labute approximate surface area is 175 Å². The lowest BCUT2D eigenvalue weighted by atomic mass is 9.54. The largest absolute Gasteiger partial charge is 0.293 e. The summed E-state index contributed by atoms with van der Waals surface area (Å²) in [7, 11) is 0. The van der Waals surface area contributed by atoms with Gasteiger partial charge in [0, 0.05) is 30.1 Å². The molecule has 0 saturated heterocycles. The normalized spacial score (nSPS) is 24.9. The van der Waals surface area contributed by atoms with E-state index in [1.807, 2.05) is 49.5 Å². The number of aryl methyl sites for hydroxylation is 1. The van der Waals surface area contributed by atoms with Gasteiger partial charge in [-0.05, 0) is 48.1 Å². The minimum absolute atomic E-state index is 0.0391. The third-order valence-electron chi connectivity index (χ3n) is 6.53. The van der Waals surface area contributed by atoms with Crippen LogP contribution in [0.5, 0.6) is 0 Å². The van der Waals surface area contributed by atoms with Crippen LogP contribution in [-0.4, -0.2) is 20.7 Å². The van der Waals surface area contributed by atoms with Crippen LogP contribution < -0.4 is 0 Å². The molecule has 5 rings (SSSR count). The first-order chi connectivity index (χ1) is 14.6. The van der Waals surface area contributed by atoms with Gasteiger partial charge in [-0.15, -0.1) is 0 Å². The average molecular weight is 392 g/mol. The van der Waals surface area contributed by atoms with Crippen molar-refractivity contribution in [2.75, 3.05) is 0 Å². The van der Waals surface area contributed by atoms with Crippen molar-refractivity contribution in [2.24, 2.45) is 11.8 Å². The highest BCUT2D eigenvalue weighted by molar-refractivity contribution is 6.02. The number of ketones is 1. The molecule has 5 nitrogen and oxygen atoms in total. The van der Waals surface area contributed by atoms with Crippen molar-refractivity contribution >= 4 is 5.78 Å². The third kappa shape index (κ3) is 2.61. The molecule has 2 heterocycles. The van der Waals surface area contributed by atoms with Gasteiger partial charge in [0.1, 0.15) is 6.07 Å². The molecule has 0 bridgehead atoms. The summed E-state index contributed by atoms with van der Waals surface area (Å²) >= 11 is 0. The molecular formula is C25H20N4O. The van der Waals surface area contributed by atoms with Crippen molar-refractivity contribution in [3.05, 3.63) is 89.5 Å². The Morgan fingerprint density at radius 2 is 1.90 bits per heavy atom. The highest BCUT2D eigenvalue weighted by atomic mass is 16.1. The van der Waals surface area contributed by atoms with Gasteiger partial charge >= 0.3 is 0 Å². The first-order valence-electron chi connectivity index (χ1n) is 10.1. The summed E-state index contributed by atoms with van der Waals surface area (Å²) in [5.74, 6) is 0.346. The zero-order valence-corrected chi connectivity index (χ0v) is 16.6. The summed E-state index contributed by atoms with van der Waals surface area (Å²) in [6, 6.07) is 16.1. The number of pyridine rings is 1. The highest BCUT2D eigenvalue weighted by Crippen LogP contribution is 2.53. The second kappa shape index (κ2) is 7.00. The van der Waals surface area contributed by atoms with Crippen LogP contribution in [0.3, 0.4) is 0 Å². The van der Waals surface area contributed by atoms with Gasteiger partial charge in [-0.25, -0.2) is 9.97 Å². The van der Waals surface area contributed by atoms with E-state index in [9.17, 15) is 10.1 Å². The van der Waals surface area contributed by atoms with Crippen LogP contribution in [0.1, 0.15) is 30.2 Å². The number of nitriles is 1. The SMILES string of the molecule is C[C@@H]1C(=O)C(C#N)=C[C@]2(c3ccccc3)c3nc(-c4ccncc4)ncc3CC[C@@H]12. The standard InChI is InChI=1S/C25H20N4O/c1-16-21-8-7-18-15-28-24(17-9-11-27-12-10-17)29-23(18)25(21,13-19(14-26)22(16)30)20-5-3-2-4-6-20/h2-6,9-13,15-16,21H,7-8H2,1H3/t16-,21-,25+/m0/s1. The van der Waals surface area contributed by atoms with Gasteiger partial charge in [0.05, 0.1) is 16.7 Å². The Hall–Kier alpha value is -3.65. The number of Topliss-reactive ketones (excluding diaryl/α,β-unsaturated/α-hetero) is 1. The monoisotopic (exact) mass is 392 g/mol. The first kappa shape index (κ1) is 18.4. The van der Waals surface area contributed by atoms with E-state index < -0.39 is 5.41 Å². The molecule has 2 aromatic heterocycles. The molecule has 0 spiro atoms. The van der Waals surface area contributed by atoms with E-state index in [-0.39, 0.29) is 23.2 Å².